The lowest BCUT2D eigenvalue weighted by atomic mass is 9.90. The van der Waals surface area contributed by atoms with E-state index in [2.05, 4.69) is 35.8 Å². The first kappa shape index (κ1) is 10.1. The number of piperidine rings is 1. The van der Waals surface area contributed by atoms with Crippen LogP contribution in [0.3, 0.4) is 0 Å². The van der Waals surface area contributed by atoms with E-state index in [1.165, 1.54) is 30.8 Å². The quantitative estimate of drug-likeness (QED) is 0.748. The second-order valence-corrected chi connectivity index (χ2v) is 4.61. The molecule has 0 spiro atoms. The predicted octanol–water partition coefficient (Wildman–Crippen LogP) is 2.88. The van der Waals surface area contributed by atoms with E-state index in [0.29, 0.717) is 0 Å². The third kappa shape index (κ3) is 2.12. The van der Waals surface area contributed by atoms with Crippen molar-refractivity contribution in [1.29, 1.82) is 0 Å². The van der Waals surface area contributed by atoms with Crippen molar-refractivity contribution in [1.82, 2.24) is 5.32 Å². The van der Waals surface area contributed by atoms with Crippen LogP contribution in [0.1, 0.15) is 24.3 Å². The van der Waals surface area contributed by atoms with Gasteiger partial charge < -0.3 is 5.32 Å². The lowest BCUT2D eigenvalue weighted by Crippen LogP contribution is -2.26. The van der Waals surface area contributed by atoms with Crippen LogP contribution in [0.2, 0.25) is 0 Å². The van der Waals surface area contributed by atoms with Gasteiger partial charge in [0.05, 0.1) is 0 Å². The molecule has 1 aliphatic rings. The average molecular weight is 207 g/mol. The molecule has 0 aliphatic carbocycles. The highest BCUT2D eigenvalue weighted by atomic mass is 32.2. The highest BCUT2D eigenvalue weighted by Gasteiger charge is 2.17. The van der Waals surface area contributed by atoms with Gasteiger partial charge in [0.1, 0.15) is 0 Å². The highest BCUT2D eigenvalue weighted by molar-refractivity contribution is 7.98. The van der Waals surface area contributed by atoms with Gasteiger partial charge in [0, 0.05) is 4.90 Å². The molecule has 1 aromatic carbocycles. The second kappa shape index (κ2) is 4.85. The molecule has 1 aromatic rings. The Hall–Kier alpha value is -0.470. The van der Waals surface area contributed by atoms with Crippen LogP contribution in [0.25, 0.3) is 0 Å². The Morgan fingerprint density at radius 1 is 1.21 bits per heavy atom. The van der Waals surface area contributed by atoms with E-state index in [1.807, 2.05) is 11.8 Å². The highest BCUT2D eigenvalue weighted by Crippen LogP contribution is 2.32. The summed E-state index contributed by atoms with van der Waals surface area (Å²) in [6, 6.07) is 8.83. The van der Waals surface area contributed by atoms with Gasteiger partial charge in [-0.2, -0.15) is 0 Å². The number of benzene rings is 1. The van der Waals surface area contributed by atoms with E-state index in [9.17, 15) is 0 Å². The van der Waals surface area contributed by atoms with Crippen LogP contribution in [0.15, 0.2) is 29.2 Å². The molecule has 1 saturated heterocycles. The van der Waals surface area contributed by atoms with Crippen molar-refractivity contribution in [3.05, 3.63) is 29.8 Å². The Morgan fingerprint density at radius 2 is 1.93 bits per heavy atom. The summed E-state index contributed by atoms with van der Waals surface area (Å²) in [5.74, 6) is 0.778. The fourth-order valence-electron chi connectivity index (χ4n) is 2.14. The Kier molecular flexibility index (Phi) is 3.49. The van der Waals surface area contributed by atoms with Gasteiger partial charge in [0.15, 0.2) is 0 Å². The zero-order valence-corrected chi connectivity index (χ0v) is 9.44. The number of nitrogens with one attached hydrogen (secondary N) is 1. The summed E-state index contributed by atoms with van der Waals surface area (Å²) in [6.45, 7) is 2.35. The molecule has 0 saturated carbocycles. The molecule has 76 valence electrons. The van der Waals surface area contributed by atoms with Gasteiger partial charge >= 0.3 is 0 Å². The van der Waals surface area contributed by atoms with Crippen molar-refractivity contribution in [3.63, 3.8) is 0 Å². The fraction of sp³-hybridized carbons (Fsp3) is 0.500. The van der Waals surface area contributed by atoms with Gasteiger partial charge in [-0.05, 0) is 49.7 Å². The summed E-state index contributed by atoms with van der Waals surface area (Å²) >= 11 is 1.87. The first-order valence-corrected chi connectivity index (χ1v) is 6.48. The summed E-state index contributed by atoms with van der Waals surface area (Å²) < 4.78 is 0. The van der Waals surface area contributed by atoms with Crippen LogP contribution in [0.4, 0.5) is 0 Å². The van der Waals surface area contributed by atoms with Crippen molar-refractivity contribution in [3.8, 4) is 0 Å². The summed E-state index contributed by atoms with van der Waals surface area (Å²) in [5.41, 5.74) is 1.56. The standard InChI is InChI=1S/C12H17NS/c1-14-12-5-3-2-4-11(12)10-6-8-13-9-7-10/h2-5,10,13H,6-9H2,1H3. The molecule has 0 amide bonds. The lowest BCUT2D eigenvalue weighted by Gasteiger charge is -2.24. The van der Waals surface area contributed by atoms with Gasteiger partial charge in [-0.3, -0.25) is 0 Å². The minimum absolute atomic E-state index is 0.778. The van der Waals surface area contributed by atoms with Gasteiger partial charge in [0.25, 0.3) is 0 Å². The maximum atomic E-state index is 3.42. The van der Waals surface area contributed by atoms with E-state index in [1.54, 1.807) is 5.56 Å². The molecule has 0 unspecified atom stereocenters. The molecule has 1 N–H and O–H groups in total. The molecule has 0 aromatic heterocycles. The molecule has 0 radical (unpaired) electrons. The van der Waals surface area contributed by atoms with Gasteiger partial charge in [-0.1, -0.05) is 18.2 Å². The van der Waals surface area contributed by atoms with Gasteiger partial charge in [0.2, 0.25) is 0 Å². The second-order valence-electron chi connectivity index (χ2n) is 3.77. The summed E-state index contributed by atoms with van der Waals surface area (Å²) in [6.07, 6.45) is 4.75. The van der Waals surface area contributed by atoms with E-state index in [0.717, 1.165) is 5.92 Å². The molecule has 14 heavy (non-hydrogen) atoms. The topological polar surface area (TPSA) is 12.0 Å². The Labute approximate surface area is 90.3 Å². The number of hydrogen-bond donors (Lipinski definition) is 1. The number of hydrogen-bond acceptors (Lipinski definition) is 2. The Bertz CT molecular complexity index is 292. The van der Waals surface area contributed by atoms with E-state index in [-0.39, 0.29) is 0 Å². The van der Waals surface area contributed by atoms with Crippen molar-refractivity contribution >= 4 is 11.8 Å². The third-order valence-corrected chi connectivity index (χ3v) is 3.73. The summed E-state index contributed by atoms with van der Waals surface area (Å²) in [4.78, 5) is 1.46. The van der Waals surface area contributed by atoms with Crippen molar-refractivity contribution in [2.75, 3.05) is 19.3 Å². The third-order valence-electron chi connectivity index (χ3n) is 2.92. The normalized spacial score (nSPS) is 18.4. The van der Waals surface area contributed by atoms with Gasteiger partial charge in [-0.15, -0.1) is 11.8 Å². The predicted molar refractivity (Wildman–Crippen MR) is 63.1 cm³/mol. The molecule has 1 nitrogen and oxygen atoms in total. The molecule has 2 heteroatoms. The van der Waals surface area contributed by atoms with Crippen LogP contribution in [-0.2, 0) is 0 Å². The van der Waals surface area contributed by atoms with Crippen LogP contribution in [-0.4, -0.2) is 19.3 Å². The number of rotatable bonds is 2. The lowest BCUT2D eigenvalue weighted by molar-refractivity contribution is 0.456. The SMILES string of the molecule is CSc1ccccc1C1CCNCC1. The van der Waals surface area contributed by atoms with Crippen molar-refractivity contribution in [2.24, 2.45) is 0 Å². The van der Waals surface area contributed by atoms with E-state index < -0.39 is 0 Å². The van der Waals surface area contributed by atoms with Crippen LogP contribution in [0.5, 0.6) is 0 Å². The maximum absolute atomic E-state index is 3.42. The Morgan fingerprint density at radius 3 is 2.64 bits per heavy atom. The summed E-state index contributed by atoms with van der Waals surface area (Å²) in [5, 5.41) is 3.42. The molecule has 1 aliphatic heterocycles. The zero-order chi connectivity index (χ0) is 9.80. The minimum Gasteiger partial charge on any atom is -0.317 e. The average Bonchev–Trinajstić information content (AvgIpc) is 2.30. The minimum atomic E-state index is 0.778. The molecular weight excluding hydrogens is 190 g/mol. The molecular formula is C12H17NS. The molecule has 0 atom stereocenters. The Balaban J connectivity index is 2.20. The molecule has 1 heterocycles. The van der Waals surface area contributed by atoms with Crippen LogP contribution in [0, 0.1) is 0 Å². The van der Waals surface area contributed by atoms with Crippen LogP contribution < -0.4 is 5.32 Å². The van der Waals surface area contributed by atoms with Crippen molar-refractivity contribution in [2.45, 2.75) is 23.7 Å². The van der Waals surface area contributed by atoms with Crippen LogP contribution >= 0.6 is 11.8 Å². The summed E-state index contributed by atoms with van der Waals surface area (Å²) in [7, 11) is 0. The van der Waals surface area contributed by atoms with E-state index in [4.69, 9.17) is 0 Å². The first-order valence-electron chi connectivity index (χ1n) is 5.25. The zero-order valence-electron chi connectivity index (χ0n) is 8.62. The molecule has 1 fully saturated rings. The molecule has 0 bridgehead atoms. The fourth-order valence-corrected chi connectivity index (χ4v) is 2.82. The monoisotopic (exact) mass is 207 g/mol. The number of thioether (sulfide) groups is 1. The maximum Gasteiger partial charge on any atom is 0.0104 e. The van der Waals surface area contributed by atoms with Crippen molar-refractivity contribution < 1.29 is 0 Å². The molecule has 2 rings (SSSR count). The smallest absolute Gasteiger partial charge is 0.0104 e. The first-order chi connectivity index (χ1) is 6.92. The largest absolute Gasteiger partial charge is 0.317 e. The van der Waals surface area contributed by atoms with Gasteiger partial charge in [-0.25, -0.2) is 0 Å². The van der Waals surface area contributed by atoms with E-state index >= 15 is 0 Å².